The molecule has 7 heteroatoms. The summed E-state index contributed by atoms with van der Waals surface area (Å²) in [5.41, 5.74) is -0.0878. The number of nitrogens with zero attached hydrogens (tertiary/aromatic N) is 2. The number of carbonyl (C=O) groups excluding carboxylic acids is 2. The van der Waals surface area contributed by atoms with Crippen LogP contribution in [0.5, 0.6) is 0 Å². The van der Waals surface area contributed by atoms with Crippen LogP contribution in [-0.2, 0) is 11.3 Å². The molecule has 0 N–H and O–H groups in total. The van der Waals surface area contributed by atoms with E-state index in [-0.39, 0.29) is 22.7 Å². The molecule has 0 bridgehead atoms. The average molecular weight is 396 g/mol. The molecule has 1 atom stereocenters. The van der Waals surface area contributed by atoms with Crippen LogP contribution in [0, 0.1) is 11.7 Å². The van der Waals surface area contributed by atoms with Gasteiger partial charge in [0.2, 0.25) is 5.78 Å². The first kappa shape index (κ1) is 20.4. The molecular formula is C22H21FN2O4. The Bertz CT molecular complexity index is 1120. The molecule has 0 spiro atoms. The van der Waals surface area contributed by atoms with Gasteiger partial charge in [0, 0.05) is 17.5 Å². The molecule has 29 heavy (non-hydrogen) atoms. The number of benzene rings is 2. The summed E-state index contributed by atoms with van der Waals surface area (Å²) in [6.07, 6.45) is -1.10. The quantitative estimate of drug-likeness (QED) is 0.470. The average Bonchev–Trinajstić information content (AvgIpc) is 2.69. The van der Waals surface area contributed by atoms with E-state index in [1.165, 1.54) is 35.9 Å². The van der Waals surface area contributed by atoms with Gasteiger partial charge < -0.3 is 4.74 Å². The summed E-state index contributed by atoms with van der Waals surface area (Å²) in [6.45, 7) is 5.65. The molecular weight excluding hydrogens is 375 g/mol. The smallest absolute Gasteiger partial charge is 0.360 e. The van der Waals surface area contributed by atoms with Gasteiger partial charge in [-0.15, -0.1) is 0 Å². The van der Waals surface area contributed by atoms with Gasteiger partial charge in [0.25, 0.3) is 5.56 Å². The molecule has 0 aliphatic carbocycles. The van der Waals surface area contributed by atoms with Crippen LogP contribution in [0.2, 0.25) is 0 Å². The highest BCUT2D eigenvalue weighted by Gasteiger charge is 2.24. The molecule has 0 amide bonds. The summed E-state index contributed by atoms with van der Waals surface area (Å²) >= 11 is 0. The number of aromatic nitrogens is 2. The van der Waals surface area contributed by atoms with E-state index in [0.29, 0.717) is 17.3 Å². The molecule has 0 unspecified atom stereocenters. The summed E-state index contributed by atoms with van der Waals surface area (Å²) in [6, 6.07) is 11.6. The number of rotatable bonds is 6. The third-order valence-corrected chi connectivity index (χ3v) is 4.38. The number of Topliss-reactive ketones (excluding diaryl/α,β-unsaturated/α-hetero) is 1. The van der Waals surface area contributed by atoms with E-state index >= 15 is 0 Å². The first-order valence-electron chi connectivity index (χ1n) is 9.28. The Morgan fingerprint density at radius 2 is 1.66 bits per heavy atom. The van der Waals surface area contributed by atoms with Gasteiger partial charge >= 0.3 is 5.97 Å². The van der Waals surface area contributed by atoms with Crippen molar-refractivity contribution in [2.24, 2.45) is 5.92 Å². The highest BCUT2D eigenvalue weighted by atomic mass is 19.1. The molecule has 150 valence electrons. The van der Waals surface area contributed by atoms with Crippen LogP contribution in [0.3, 0.4) is 0 Å². The predicted octanol–water partition coefficient (Wildman–Crippen LogP) is 3.62. The fraction of sp³-hybridized carbons (Fsp3) is 0.273. The third-order valence-electron chi connectivity index (χ3n) is 4.38. The van der Waals surface area contributed by atoms with E-state index < -0.39 is 23.7 Å². The molecule has 3 aromatic rings. The zero-order valence-electron chi connectivity index (χ0n) is 16.4. The molecule has 6 nitrogen and oxygen atoms in total. The maximum atomic E-state index is 13.1. The first-order chi connectivity index (χ1) is 13.8. The lowest BCUT2D eigenvalue weighted by molar-refractivity contribution is 0.0312. The van der Waals surface area contributed by atoms with Gasteiger partial charge in [0.1, 0.15) is 5.82 Å². The van der Waals surface area contributed by atoms with Gasteiger partial charge in [-0.2, -0.15) is 5.10 Å². The molecule has 0 aliphatic heterocycles. The Labute approximate surface area is 166 Å². The van der Waals surface area contributed by atoms with Gasteiger partial charge in [-0.25, -0.2) is 13.9 Å². The standard InChI is InChI=1S/C22H21FN2O4/c1-13(2)12-25-21(27)18-7-5-4-6-17(18)19(24-25)22(28)29-14(3)20(26)15-8-10-16(23)11-9-15/h4-11,13-14H,12H2,1-3H3/t14-/m1/s1. The monoisotopic (exact) mass is 396 g/mol. The van der Waals surface area contributed by atoms with Crippen molar-refractivity contribution in [2.45, 2.75) is 33.4 Å². The molecule has 0 fully saturated rings. The second-order valence-electron chi connectivity index (χ2n) is 7.19. The van der Waals surface area contributed by atoms with Crippen molar-refractivity contribution < 1.29 is 18.7 Å². The molecule has 3 rings (SSSR count). The fourth-order valence-corrected chi connectivity index (χ4v) is 2.97. The van der Waals surface area contributed by atoms with Crippen LogP contribution in [-0.4, -0.2) is 27.6 Å². The maximum absolute atomic E-state index is 13.1. The SMILES string of the molecule is CC(C)Cn1nc(C(=O)O[C@H](C)C(=O)c2ccc(F)cc2)c2ccccc2c1=O. The van der Waals surface area contributed by atoms with Crippen molar-refractivity contribution in [3.63, 3.8) is 0 Å². The van der Waals surface area contributed by atoms with E-state index in [2.05, 4.69) is 5.10 Å². The lowest BCUT2D eigenvalue weighted by atomic mass is 10.1. The van der Waals surface area contributed by atoms with Crippen molar-refractivity contribution in [1.29, 1.82) is 0 Å². The number of carbonyl (C=O) groups is 2. The van der Waals surface area contributed by atoms with Crippen LogP contribution in [0.25, 0.3) is 10.8 Å². The van der Waals surface area contributed by atoms with Gasteiger partial charge in [0.05, 0.1) is 5.39 Å². The Hall–Kier alpha value is -3.35. The maximum Gasteiger partial charge on any atom is 0.360 e. The fourth-order valence-electron chi connectivity index (χ4n) is 2.97. The van der Waals surface area contributed by atoms with E-state index in [4.69, 9.17) is 4.74 Å². The van der Waals surface area contributed by atoms with Crippen molar-refractivity contribution in [3.05, 3.63) is 76.0 Å². The largest absolute Gasteiger partial charge is 0.449 e. The zero-order valence-corrected chi connectivity index (χ0v) is 16.4. The van der Waals surface area contributed by atoms with Crippen molar-refractivity contribution >= 4 is 22.5 Å². The predicted molar refractivity (Wildman–Crippen MR) is 106 cm³/mol. The summed E-state index contributed by atoms with van der Waals surface area (Å²) in [4.78, 5) is 37.9. The minimum absolute atomic E-state index is 0.0281. The second kappa shape index (κ2) is 8.34. The second-order valence-corrected chi connectivity index (χ2v) is 7.19. The highest BCUT2D eigenvalue weighted by Crippen LogP contribution is 2.16. The summed E-state index contributed by atoms with van der Waals surface area (Å²) in [7, 11) is 0. The van der Waals surface area contributed by atoms with Crippen LogP contribution < -0.4 is 5.56 Å². The zero-order chi connectivity index (χ0) is 21.1. The Morgan fingerprint density at radius 3 is 2.28 bits per heavy atom. The van der Waals surface area contributed by atoms with E-state index in [1.54, 1.807) is 24.3 Å². The molecule has 0 saturated carbocycles. The molecule has 2 aromatic carbocycles. The van der Waals surface area contributed by atoms with Crippen LogP contribution >= 0.6 is 0 Å². The van der Waals surface area contributed by atoms with Gasteiger partial charge in [-0.1, -0.05) is 32.0 Å². The third kappa shape index (κ3) is 4.39. The number of fused-ring (bicyclic) bond motifs is 1. The number of ether oxygens (including phenoxy) is 1. The Balaban J connectivity index is 1.94. The number of halogens is 1. The lowest BCUT2D eigenvalue weighted by Gasteiger charge is -2.15. The van der Waals surface area contributed by atoms with E-state index in [9.17, 15) is 18.8 Å². The molecule has 0 radical (unpaired) electrons. The van der Waals surface area contributed by atoms with Crippen LogP contribution in [0.1, 0.15) is 41.6 Å². The van der Waals surface area contributed by atoms with Gasteiger partial charge in [0.15, 0.2) is 11.8 Å². The summed E-state index contributed by atoms with van der Waals surface area (Å²) < 4.78 is 19.6. The van der Waals surface area contributed by atoms with Crippen LogP contribution in [0.15, 0.2) is 53.3 Å². The Morgan fingerprint density at radius 1 is 1.03 bits per heavy atom. The first-order valence-corrected chi connectivity index (χ1v) is 9.28. The molecule has 1 heterocycles. The molecule has 0 saturated heterocycles. The number of ketones is 1. The van der Waals surface area contributed by atoms with Gasteiger partial charge in [-0.3, -0.25) is 9.59 Å². The van der Waals surface area contributed by atoms with Gasteiger partial charge in [-0.05, 0) is 43.2 Å². The number of hydrogen-bond donors (Lipinski definition) is 0. The number of hydrogen-bond acceptors (Lipinski definition) is 5. The van der Waals surface area contributed by atoms with Crippen molar-refractivity contribution in [1.82, 2.24) is 9.78 Å². The minimum atomic E-state index is -1.10. The Kier molecular flexibility index (Phi) is 5.87. The van der Waals surface area contributed by atoms with E-state index in [1.807, 2.05) is 13.8 Å². The molecule has 1 aromatic heterocycles. The number of esters is 1. The normalized spacial score (nSPS) is 12.2. The van der Waals surface area contributed by atoms with E-state index in [0.717, 1.165) is 0 Å². The highest BCUT2D eigenvalue weighted by molar-refractivity contribution is 6.05. The van der Waals surface area contributed by atoms with Crippen LogP contribution in [0.4, 0.5) is 4.39 Å². The lowest BCUT2D eigenvalue weighted by Crippen LogP contribution is -2.30. The topological polar surface area (TPSA) is 78.3 Å². The molecule has 0 aliphatic rings. The van der Waals surface area contributed by atoms with Crippen molar-refractivity contribution in [3.8, 4) is 0 Å². The summed E-state index contributed by atoms with van der Waals surface area (Å²) in [5.74, 6) is -1.58. The van der Waals surface area contributed by atoms with Crippen molar-refractivity contribution in [2.75, 3.05) is 0 Å². The summed E-state index contributed by atoms with van der Waals surface area (Å²) in [5, 5.41) is 4.93. The minimum Gasteiger partial charge on any atom is -0.449 e.